The van der Waals surface area contributed by atoms with Crippen LogP contribution in [0.25, 0.3) is 76.8 Å². The normalized spacial score (nSPS) is 11.9. The van der Waals surface area contributed by atoms with Crippen molar-refractivity contribution in [2.24, 2.45) is 9.98 Å². The number of aromatic nitrogens is 2. The molecule has 0 N–H and O–H groups in total. The van der Waals surface area contributed by atoms with Crippen molar-refractivity contribution in [2.75, 3.05) is 6.54 Å². The maximum absolute atomic E-state index is 4.32. The zero-order chi connectivity index (χ0) is 39.3. The highest BCUT2D eigenvalue weighted by atomic mass is 14.7. The van der Waals surface area contributed by atoms with Crippen molar-refractivity contribution in [1.82, 2.24) is 9.97 Å². The molecule has 0 radical (unpaired) electrons. The van der Waals surface area contributed by atoms with Gasteiger partial charge in [0.25, 0.3) is 0 Å². The predicted octanol–water partition coefficient (Wildman–Crippen LogP) is 14.3. The Bertz CT molecular complexity index is 2650. The molecule has 276 valence electrons. The maximum Gasteiger partial charge on any atom is 0.0398 e. The Kier molecular flexibility index (Phi) is 13.2. The summed E-state index contributed by atoms with van der Waals surface area (Å²) in [7, 11) is 0. The quantitative estimate of drug-likeness (QED) is 0.116. The van der Waals surface area contributed by atoms with Gasteiger partial charge in [0, 0.05) is 55.0 Å². The number of benzene rings is 6. The van der Waals surface area contributed by atoms with Gasteiger partial charge in [-0.3, -0.25) is 20.0 Å². The monoisotopic (exact) mass is 728 g/mol. The lowest BCUT2D eigenvalue weighted by atomic mass is 9.87. The topological polar surface area (TPSA) is 50.5 Å². The fourth-order valence-electron chi connectivity index (χ4n) is 6.78. The van der Waals surface area contributed by atoms with Gasteiger partial charge in [-0.05, 0) is 136 Å². The zero-order valence-electron chi connectivity index (χ0n) is 32.9. The van der Waals surface area contributed by atoms with E-state index in [1.165, 1.54) is 71.3 Å². The van der Waals surface area contributed by atoms with E-state index in [-0.39, 0.29) is 0 Å². The second-order valence-corrected chi connectivity index (χ2v) is 13.3. The van der Waals surface area contributed by atoms with Gasteiger partial charge < -0.3 is 0 Å². The number of hydrogen-bond donors (Lipinski definition) is 0. The number of rotatable bonds is 8. The van der Waals surface area contributed by atoms with E-state index in [0.29, 0.717) is 0 Å². The summed E-state index contributed by atoms with van der Waals surface area (Å²) >= 11 is 0. The number of aliphatic imine (C=N–C) groups is 2. The molecular weight excluding hydrogens is 681 g/mol. The summed E-state index contributed by atoms with van der Waals surface area (Å²) in [6, 6.07) is 44.0. The molecule has 0 aliphatic carbocycles. The Hall–Kier alpha value is -6.78. The molecule has 0 bridgehead atoms. The lowest BCUT2D eigenvalue weighted by molar-refractivity contribution is 1.14. The Morgan fingerprint density at radius 3 is 1.68 bits per heavy atom. The lowest BCUT2D eigenvalue weighted by Crippen LogP contribution is -1.90. The van der Waals surface area contributed by atoms with Crippen molar-refractivity contribution >= 4 is 44.2 Å². The third-order valence-electron chi connectivity index (χ3n) is 9.88. The Morgan fingerprint density at radius 2 is 1.14 bits per heavy atom. The summed E-state index contributed by atoms with van der Waals surface area (Å²) in [6.07, 6.45) is 16.7. The summed E-state index contributed by atoms with van der Waals surface area (Å²) in [6.45, 7) is 14.4. The van der Waals surface area contributed by atoms with Gasteiger partial charge in [-0.2, -0.15) is 0 Å². The van der Waals surface area contributed by atoms with Crippen LogP contribution in [0.4, 0.5) is 0 Å². The van der Waals surface area contributed by atoms with Crippen molar-refractivity contribution in [3.63, 3.8) is 0 Å². The molecule has 8 rings (SSSR count). The fraction of sp³-hybridized carbons (Fsp3) is 0.115. The molecule has 56 heavy (non-hydrogen) atoms. The zero-order valence-corrected chi connectivity index (χ0v) is 32.9. The van der Waals surface area contributed by atoms with Crippen LogP contribution in [0.1, 0.15) is 34.6 Å². The Morgan fingerprint density at radius 1 is 0.607 bits per heavy atom. The SMILES string of the molecule is C/C=C\C=NCC.C=CN=C(C)/C(C)=C/C.c1cncc(-c2ccc(-c3ccc4ccc5c(-c6cccc(-c7cccnc7)c6)ccc6ccc3c4c65)cc2)c1. The smallest absolute Gasteiger partial charge is 0.0398 e. The lowest BCUT2D eigenvalue weighted by Gasteiger charge is -2.17. The molecule has 6 aromatic carbocycles. The van der Waals surface area contributed by atoms with E-state index in [9.17, 15) is 0 Å². The summed E-state index contributed by atoms with van der Waals surface area (Å²) in [4.78, 5) is 16.6. The van der Waals surface area contributed by atoms with Gasteiger partial charge in [-0.1, -0.05) is 122 Å². The first-order valence-corrected chi connectivity index (χ1v) is 19.1. The number of nitrogens with zero attached hydrogens (tertiary/aromatic N) is 4. The first-order chi connectivity index (χ1) is 27.5. The molecule has 0 aliphatic heterocycles. The second kappa shape index (κ2) is 19.0. The van der Waals surface area contributed by atoms with E-state index < -0.39 is 0 Å². The molecule has 0 saturated heterocycles. The minimum Gasteiger partial charge on any atom is -0.293 e. The highest BCUT2D eigenvalue weighted by molar-refractivity contribution is 6.27. The van der Waals surface area contributed by atoms with Gasteiger partial charge in [0.2, 0.25) is 0 Å². The minimum absolute atomic E-state index is 0.879. The third-order valence-corrected chi connectivity index (χ3v) is 9.88. The average molecular weight is 729 g/mol. The van der Waals surface area contributed by atoms with E-state index in [2.05, 4.69) is 136 Å². The van der Waals surface area contributed by atoms with Gasteiger partial charge >= 0.3 is 0 Å². The first kappa shape index (κ1) is 38.9. The van der Waals surface area contributed by atoms with Crippen LogP contribution in [0.2, 0.25) is 0 Å². The number of pyridine rings is 2. The molecule has 4 nitrogen and oxygen atoms in total. The van der Waals surface area contributed by atoms with Crippen LogP contribution in [-0.4, -0.2) is 28.4 Å². The molecule has 4 heteroatoms. The molecule has 0 fully saturated rings. The van der Waals surface area contributed by atoms with Gasteiger partial charge in [-0.15, -0.1) is 0 Å². The van der Waals surface area contributed by atoms with Gasteiger partial charge in [0.05, 0.1) is 0 Å². The number of hydrogen-bond acceptors (Lipinski definition) is 4. The average Bonchev–Trinajstić information content (AvgIpc) is 3.26. The summed E-state index contributed by atoms with van der Waals surface area (Å²) in [5.41, 5.74) is 11.8. The predicted molar refractivity (Wildman–Crippen MR) is 244 cm³/mol. The van der Waals surface area contributed by atoms with Crippen LogP contribution in [0, 0.1) is 0 Å². The minimum atomic E-state index is 0.879. The van der Waals surface area contributed by atoms with Crippen LogP contribution in [0.15, 0.2) is 193 Å². The van der Waals surface area contributed by atoms with Crippen LogP contribution in [0.3, 0.4) is 0 Å². The van der Waals surface area contributed by atoms with E-state index >= 15 is 0 Å². The Balaban J connectivity index is 0.000000281. The molecule has 0 amide bonds. The van der Waals surface area contributed by atoms with Crippen molar-refractivity contribution in [3.8, 4) is 44.5 Å². The van der Waals surface area contributed by atoms with Crippen molar-refractivity contribution < 1.29 is 0 Å². The molecule has 0 unspecified atom stereocenters. The molecule has 2 heterocycles. The molecule has 8 aromatic rings. The molecule has 0 saturated carbocycles. The second-order valence-electron chi connectivity index (χ2n) is 13.3. The summed E-state index contributed by atoms with van der Waals surface area (Å²) in [5, 5.41) is 7.76. The summed E-state index contributed by atoms with van der Waals surface area (Å²) < 4.78 is 0. The highest BCUT2D eigenvalue weighted by Gasteiger charge is 2.15. The van der Waals surface area contributed by atoms with Crippen LogP contribution < -0.4 is 0 Å². The molecule has 0 spiro atoms. The maximum atomic E-state index is 4.32. The van der Waals surface area contributed by atoms with Crippen molar-refractivity contribution in [3.05, 3.63) is 183 Å². The van der Waals surface area contributed by atoms with Gasteiger partial charge in [0.15, 0.2) is 0 Å². The van der Waals surface area contributed by atoms with Gasteiger partial charge in [0.1, 0.15) is 0 Å². The van der Waals surface area contributed by atoms with Crippen LogP contribution in [0.5, 0.6) is 0 Å². The van der Waals surface area contributed by atoms with Gasteiger partial charge in [-0.25, -0.2) is 0 Å². The fourth-order valence-corrected chi connectivity index (χ4v) is 6.78. The largest absolute Gasteiger partial charge is 0.293 e. The van der Waals surface area contributed by atoms with E-state index in [4.69, 9.17) is 0 Å². The van der Waals surface area contributed by atoms with Crippen molar-refractivity contribution in [1.29, 1.82) is 0 Å². The van der Waals surface area contributed by atoms with E-state index in [0.717, 1.165) is 23.4 Å². The molecule has 2 aromatic heterocycles. The highest BCUT2D eigenvalue weighted by Crippen LogP contribution is 2.42. The standard InChI is InChI=1S/C38H24N2.C8H13N.C6H11N/c1-4-29(32-7-3-21-40-24-32)22-30(5-1)34-17-13-28-14-18-35-33(16-12-27-15-19-36(34)38(28)37(27)35)26-10-8-25(9-11-26)31-6-2-20-39-23-31;1-5-7(3)8(4)9-6-2;1-3-5-6-7-4-2/h1-24H;5-6H,2H2,1,3-4H3;3,5-6H,4H2,1-2H3/b;7-5+,9-8?;5-3-,7-6?. The third kappa shape index (κ3) is 8.94. The molecule has 0 aliphatic rings. The number of allylic oxidation sites excluding steroid dienone is 4. The first-order valence-electron chi connectivity index (χ1n) is 19.1. The molecular formula is C52H48N4. The van der Waals surface area contributed by atoms with E-state index in [1.54, 1.807) is 12.4 Å². The summed E-state index contributed by atoms with van der Waals surface area (Å²) in [5.74, 6) is 0. The van der Waals surface area contributed by atoms with Crippen LogP contribution >= 0.6 is 0 Å². The van der Waals surface area contributed by atoms with E-state index in [1.807, 2.05) is 89.8 Å². The van der Waals surface area contributed by atoms with Crippen molar-refractivity contribution in [2.45, 2.75) is 34.6 Å². The Labute approximate surface area is 331 Å². The van der Waals surface area contributed by atoms with Crippen LogP contribution in [-0.2, 0) is 0 Å². The molecule has 0 atom stereocenters.